The van der Waals surface area contributed by atoms with Crippen molar-refractivity contribution in [2.45, 2.75) is 142 Å². The molecular weight excluding hydrogens is 364 g/mol. The highest BCUT2D eigenvalue weighted by molar-refractivity contribution is 5.72. The molecule has 4 nitrogen and oxygen atoms in total. The summed E-state index contributed by atoms with van der Waals surface area (Å²) in [6, 6.07) is 0. The SMILES string of the molecule is CCCCCCCCCCCCOC(=O)CCCC(=O)OC(CC)CCCCC. The lowest BCUT2D eigenvalue weighted by Gasteiger charge is -2.15. The average molecular weight is 413 g/mol. The molecule has 0 aromatic rings. The van der Waals surface area contributed by atoms with Gasteiger partial charge in [0.1, 0.15) is 6.10 Å². The molecule has 0 amide bonds. The van der Waals surface area contributed by atoms with Gasteiger partial charge in [0, 0.05) is 12.8 Å². The Labute approximate surface area is 180 Å². The Hall–Kier alpha value is -1.06. The van der Waals surface area contributed by atoms with Crippen molar-refractivity contribution in [3.63, 3.8) is 0 Å². The zero-order chi connectivity index (χ0) is 21.6. The largest absolute Gasteiger partial charge is 0.466 e. The number of hydrogen-bond donors (Lipinski definition) is 0. The van der Waals surface area contributed by atoms with Gasteiger partial charge in [0.25, 0.3) is 0 Å². The summed E-state index contributed by atoms with van der Waals surface area (Å²) in [5.74, 6) is -0.375. The van der Waals surface area contributed by atoms with Gasteiger partial charge in [-0.1, -0.05) is 91.4 Å². The summed E-state index contributed by atoms with van der Waals surface area (Å²) in [6.45, 7) is 6.98. The van der Waals surface area contributed by atoms with Gasteiger partial charge in [-0.3, -0.25) is 9.59 Å². The van der Waals surface area contributed by atoms with Crippen LogP contribution in [0.3, 0.4) is 0 Å². The van der Waals surface area contributed by atoms with E-state index in [1.54, 1.807) is 0 Å². The van der Waals surface area contributed by atoms with Crippen molar-refractivity contribution >= 4 is 11.9 Å². The van der Waals surface area contributed by atoms with E-state index in [4.69, 9.17) is 9.47 Å². The van der Waals surface area contributed by atoms with Crippen LogP contribution in [0.25, 0.3) is 0 Å². The number of ether oxygens (including phenoxy) is 2. The summed E-state index contributed by atoms with van der Waals surface area (Å²) in [5.41, 5.74) is 0. The van der Waals surface area contributed by atoms with E-state index in [1.807, 2.05) is 0 Å². The van der Waals surface area contributed by atoms with Crippen molar-refractivity contribution in [1.29, 1.82) is 0 Å². The fourth-order valence-corrected chi connectivity index (χ4v) is 3.44. The van der Waals surface area contributed by atoms with Crippen LogP contribution in [-0.2, 0) is 19.1 Å². The van der Waals surface area contributed by atoms with Crippen LogP contribution >= 0.6 is 0 Å². The van der Waals surface area contributed by atoms with Crippen LogP contribution in [0.1, 0.15) is 136 Å². The lowest BCUT2D eigenvalue weighted by molar-refractivity contribution is -0.150. The number of carbonyl (C=O) groups excluding carboxylic acids is 2. The predicted molar refractivity (Wildman–Crippen MR) is 121 cm³/mol. The van der Waals surface area contributed by atoms with Crippen LogP contribution in [0.2, 0.25) is 0 Å². The Balaban J connectivity index is 3.49. The Bertz CT molecular complexity index is 381. The summed E-state index contributed by atoms with van der Waals surface area (Å²) in [5, 5.41) is 0. The van der Waals surface area contributed by atoms with Crippen LogP contribution in [0.15, 0.2) is 0 Å². The van der Waals surface area contributed by atoms with Gasteiger partial charge in [0.2, 0.25) is 0 Å². The third kappa shape index (κ3) is 20.0. The van der Waals surface area contributed by atoms with Crippen molar-refractivity contribution in [3.8, 4) is 0 Å². The van der Waals surface area contributed by atoms with Crippen LogP contribution < -0.4 is 0 Å². The van der Waals surface area contributed by atoms with E-state index in [2.05, 4.69) is 20.8 Å². The zero-order valence-electron chi connectivity index (χ0n) is 19.6. The van der Waals surface area contributed by atoms with Crippen LogP contribution in [-0.4, -0.2) is 24.6 Å². The van der Waals surface area contributed by atoms with Crippen molar-refractivity contribution in [3.05, 3.63) is 0 Å². The molecule has 1 unspecified atom stereocenters. The summed E-state index contributed by atoms with van der Waals surface area (Å²) in [4.78, 5) is 23.7. The highest BCUT2D eigenvalue weighted by Crippen LogP contribution is 2.13. The monoisotopic (exact) mass is 412 g/mol. The Kier molecular flexibility index (Phi) is 20.9. The molecule has 0 aliphatic heterocycles. The summed E-state index contributed by atoms with van der Waals surface area (Å²) >= 11 is 0. The molecule has 0 saturated carbocycles. The first-order valence-electron chi connectivity index (χ1n) is 12.5. The van der Waals surface area contributed by atoms with Crippen molar-refractivity contribution < 1.29 is 19.1 Å². The predicted octanol–water partition coefficient (Wildman–Crippen LogP) is 7.52. The summed E-state index contributed by atoms with van der Waals surface area (Å²) < 4.78 is 10.8. The molecule has 0 N–H and O–H groups in total. The summed E-state index contributed by atoms with van der Waals surface area (Å²) in [7, 11) is 0. The third-order valence-corrected chi connectivity index (χ3v) is 5.41. The first kappa shape index (κ1) is 27.9. The molecule has 0 heterocycles. The Morgan fingerprint density at radius 3 is 1.72 bits per heavy atom. The van der Waals surface area contributed by atoms with Crippen LogP contribution in [0.5, 0.6) is 0 Å². The van der Waals surface area contributed by atoms with Gasteiger partial charge in [-0.25, -0.2) is 0 Å². The minimum atomic E-state index is -0.191. The second kappa shape index (κ2) is 21.6. The van der Waals surface area contributed by atoms with E-state index in [1.165, 1.54) is 64.2 Å². The zero-order valence-corrected chi connectivity index (χ0v) is 19.6. The normalized spacial score (nSPS) is 12.0. The molecular formula is C25H48O4. The molecule has 172 valence electrons. The molecule has 0 radical (unpaired) electrons. The van der Waals surface area contributed by atoms with Crippen LogP contribution in [0.4, 0.5) is 0 Å². The first-order chi connectivity index (χ1) is 14.1. The van der Waals surface area contributed by atoms with E-state index in [0.29, 0.717) is 25.9 Å². The minimum absolute atomic E-state index is 0.0253. The van der Waals surface area contributed by atoms with E-state index < -0.39 is 0 Å². The Morgan fingerprint density at radius 2 is 1.14 bits per heavy atom. The fraction of sp³-hybridized carbons (Fsp3) is 0.920. The number of esters is 2. The molecule has 0 rings (SSSR count). The number of unbranched alkanes of at least 4 members (excludes halogenated alkanes) is 11. The van der Waals surface area contributed by atoms with E-state index in [9.17, 15) is 9.59 Å². The van der Waals surface area contributed by atoms with E-state index in [0.717, 1.165) is 32.1 Å². The minimum Gasteiger partial charge on any atom is -0.466 e. The standard InChI is InChI=1S/C25H48O4/c1-4-7-9-10-11-12-13-14-15-17-22-28-24(26)20-18-21-25(27)29-23(6-3)19-16-8-5-2/h23H,4-22H2,1-3H3. The van der Waals surface area contributed by atoms with Gasteiger partial charge in [-0.2, -0.15) is 0 Å². The number of hydrogen-bond acceptors (Lipinski definition) is 4. The van der Waals surface area contributed by atoms with E-state index >= 15 is 0 Å². The smallest absolute Gasteiger partial charge is 0.306 e. The lowest BCUT2D eigenvalue weighted by Crippen LogP contribution is -2.17. The molecule has 0 aliphatic carbocycles. The van der Waals surface area contributed by atoms with Gasteiger partial charge in [0.05, 0.1) is 6.61 Å². The van der Waals surface area contributed by atoms with Crippen LogP contribution in [0, 0.1) is 0 Å². The average Bonchev–Trinajstić information content (AvgIpc) is 2.71. The molecule has 1 atom stereocenters. The molecule has 0 aliphatic rings. The van der Waals surface area contributed by atoms with Gasteiger partial charge in [0.15, 0.2) is 0 Å². The van der Waals surface area contributed by atoms with Crippen molar-refractivity contribution in [1.82, 2.24) is 0 Å². The van der Waals surface area contributed by atoms with Crippen molar-refractivity contribution in [2.24, 2.45) is 0 Å². The highest BCUT2D eigenvalue weighted by atomic mass is 16.5. The second-order valence-corrected chi connectivity index (χ2v) is 8.27. The number of carbonyl (C=O) groups is 2. The van der Waals surface area contributed by atoms with Gasteiger partial charge < -0.3 is 9.47 Å². The molecule has 0 aromatic carbocycles. The molecule has 29 heavy (non-hydrogen) atoms. The maximum atomic E-state index is 11.9. The third-order valence-electron chi connectivity index (χ3n) is 5.41. The topological polar surface area (TPSA) is 52.6 Å². The fourth-order valence-electron chi connectivity index (χ4n) is 3.44. The number of rotatable bonds is 21. The molecule has 0 fully saturated rings. The van der Waals surface area contributed by atoms with Gasteiger partial charge in [-0.05, 0) is 32.1 Å². The Morgan fingerprint density at radius 1 is 0.621 bits per heavy atom. The molecule has 0 bridgehead atoms. The van der Waals surface area contributed by atoms with Gasteiger partial charge >= 0.3 is 11.9 Å². The van der Waals surface area contributed by atoms with Gasteiger partial charge in [-0.15, -0.1) is 0 Å². The summed E-state index contributed by atoms with van der Waals surface area (Å²) in [6.07, 6.45) is 19.1. The molecule has 4 heteroatoms. The lowest BCUT2D eigenvalue weighted by atomic mass is 10.1. The second-order valence-electron chi connectivity index (χ2n) is 8.27. The highest BCUT2D eigenvalue weighted by Gasteiger charge is 2.13. The van der Waals surface area contributed by atoms with Crippen molar-refractivity contribution in [2.75, 3.05) is 6.61 Å². The molecule has 0 saturated heterocycles. The molecule has 0 spiro atoms. The van der Waals surface area contributed by atoms with E-state index in [-0.39, 0.29) is 18.0 Å². The maximum absolute atomic E-state index is 11.9. The quantitative estimate of drug-likeness (QED) is 0.144. The first-order valence-corrected chi connectivity index (χ1v) is 12.5. The maximum Gasteiger partial charge on any atom is 0.306 e. The molecule has 0 aromatic heterocycles.